The Labute approximate surface area is 159 Å². The van der Waals surface area contributed by atoms with E-state index in [0.717, 1.165) is 16.7 Å². The summed E-state index contributed by atoms with van der Waals surface area (Å²) in [5, 5.41) is 6.12. The number of hydrogen-bond donors (Lipinski definition) is 0. The number of aromatic nitrogens is 1. The maximum Gasteiger partial charge on any atom is 0.272 e. The average Bonchev–Trinajstić information content (AvgIpc) is 2.71. The molecule has 0 unspecified atom stereocenters. The minimum absolute atomic E-state index is 0.247. The zero-order valence-corrected chi connectivity index (χ0v) is 15.4. The first-order valence-electron chi connectivity index (χ1n) is 8.78. The van der Waals surface area contributed by atoms with Crippen molar-refractivity contribution in [3.05, 3.63) is 108 Å². The van der Waals surface area contributed by atoms with Crippen molar-refractivity contribution >= 4 is 17.4 Å². The molecule has 0 saturated carbocycles. The summed E-state index contributed by atoms with van der Waals surface area (Å²) >= 11 is 0. The van der Waals surface area contributed by atoms with Crippen molar-refractivity contribution in [1.29, 1.82) is 0 Å². The Morgan fingerprint density at radius 3 is 2.04 bits per heavy atom. The lowest BCUT2D eigenvalue weighted by molar-refractivity contribution is -0.114. The normalized spacial score (nSPS) is 10.6. The molecule has 1 amide bonds. The van der Waals surface area contributed by atoms with Gasteiger partial charge in [-0.05, 0) is 25.5 Å². The number of amides is 1. The van der Waals surface area contributed by atoms with Crippen LogP contribution in [-0.2, 0) is 4.79 Å². The van der Waals surface area contributed by atoms with Gasteiger partial charge in [0, 0.05) is 23.4 Å². The van der Waals surface area contributed by atoms with Crippen LogP contribution in [0.1, 0.15) is 23.6 Å². The third kappa shape index (κ3) is 4.36. The monoisotopic (exact) mass is 355 g/mol. The first-order valence-corrected chi connectivity index (χ1v) is 8.78. The Bertz CT molecular complexity index is 922. The smallest absolute Gasteiger partial charge is 0.267 e. The maximum atomic E-state index is 12.8. The number of pyridine rings is 1. The van der Waals surface area contributed by atoms with E-state index in [-0.39, 0.29) is 5.91 Å². The highest BCUT2D eigenvalue weighted by Crippen LogP contribution is 2.20. The number of anilines is 1. The van der Waals surface area contributed by atoms with Crippen LogP contribution in [0.4, 0.5) is 5.82 Å². The van der Waals surface area contributed by atoms with E-state index in [1.54, 1.807) is 19.2 Å². The summed E-state index contributed by atoms with van der Waals surface area (Å²) in [5.41, 5.74) is 3.44. The number of allylic oxidation sites excluding steroid dienone is 1. The van der Waals surface area contributed by atoms with Gasteiger partial charge in [-0.3, -0.25) is 4.79 Å². The van der Waals surface area contributed by atoms with E-state index in [1.165, 1.54) is 11.1 Å². The molecule has 1 aromatic heterocycles. The fourth-order valence-electron chi connectivity index (χ4n) is 2.69. The molecule has 4 heteroatoms. The van der Waals surface area contributed by atoms with Gasteiger partial charge in [0.1, 0.15) is 0 Å². The lowest BCUT2D eigenvalue weighted by Crippen LogP contribution is -2.27. The molecule has 0 bridgehead atoms. The summed E-state index contributed by atoms with van der Waals surface area (Å²) in [6, 6.07) is 23.4. The van der Waals surface area contributed by atoms with Gasteiger partial charge in [-0.15, -0.1) is 0 Å². The number of carbonyl (C=O) groups excluding carboxylic acids is 1. The van der Waals surface area contributed by atoms with E-state index < -0.39 is 0 Å². The fraction of sp³-hybridized carbons (Fsp3) is 0.0870. The number of nitrogens with zero attached hydrogens (tertiary/aromatic N) is 3. The Morgan fingerprint density at radius 1 is 0.926 bits per heavy atom. The van der Waals surface area contributed by atoms with Crippen molar-refractivity contribution in [1.82, 2.24) is 4.98 Å². The van der Waals surface area contributed by atoms with E-state index in [9.17, 15) is 4.79 Å². The first-order chi connectivity index (χ1) is 13.2. The number of rotatable bonds is 5. The predicted molar refractivity (Wildman–Crippen MR) is 110 cm³/mol. The summed E-state index contributed by atoms with van der Waals surface area (Å²) < 4.78 is 0. The molecular weight excluding hydrogens is 334 g/mol. The second-order valence-electron chi connectivity index (χ2n) is 5.97. The topological polar surface area (TPSA) is 45.6 Å². The highest BCUT2D eigenvalue weighted by Gasteiger charge is 2.18. The Balaban J connectivity index is 2.20. The second-order valence-corrected chi connectivity index (χ2v) is 5.97. The molecule has 0 spiro atoms. The third-order valence-electron chi connectivity index (χ3n) is 3.99. The number of aryl methyl sites for hydroxylation is 1. The van der Waals surface area contributed by atoms with Crippen LogP contribution < -0.4 is 5.01 Å². The molecule has 0 fully saturated rings. The fourth-order valence-corrected chi connectivity index (χ4v) is 2.69. The molecule has 134 valence electrons. The maximum absolute atomic E-state index is 12.8. The van der Waals surface area contributed by atoms with Crippen LogP contribution in [0.5, 0.6) is 0 Å². The third-order valence-corrected chi connectivity index (χ3v) is 3.99. The van der Waals surface area contributed by atoms with E-state index in [1.807, 2.05) is 79.7 Å². The van der Waals surface area contributed by atoms with Gasteiger partial charge in [0.2, 0.25) is 0 Å². The van der Waals surface area contributed by atoms with Gasteiger partial charge in [0.05, 0.1) is 5.71 Å². The molecule has 0 aliphatic heterocycles. The zero-order chi connectivity index (χ0) is 19.1. The standard InChI is InChI=1S/C23H21N3O/c1-3-11-21(27)26(23-18(2)12-10-17-24-23)25-22(19-13-6-4-7-14-19)20-15-8-5-9-16-20/h3-17H,1-2H3/b11-3+. The van der Waals surface area contributed by atoms with Crippen molar-refractivity contribution < 1.29 is 4.79 Å². The molecule has 0 saturated heterocycles. The molecular formula is C23H21N3O. The van der Waals surface area contributed by atoms with Crippen LogP contribution in [0.15, 0.2) is 96.2 Å². The van der Waals surface area contributed by atoms with Crippen LogP contribution in [-0.4, -0.2) is 16.6 Å². The van der Waals surface area contributed by atoms with Crippen LogP contribution >= 0.6 is 0 Å². The molecule has 4 nitrogen and oxygen atoms in total. The van der Waals surface area contributed by atoms with Crippen molar-refractivity contribution in [2.45, 2.75) is 13.8 Å². The van der Waals surface area contributed by atoms with Crippen LogP contribution in [0, 0.1) is 6.92 Å². The molecule has 2 aromatic carbocycles. The predicted octanol–water partition coefficient (Wildman–Crippen LogP) is 4.75. The zero-order valence-electron chi connectivity index (χ0n) is 15.4. The highest BCUT2D eigenvalue weighted by molar-refractivity contribution is 6.15. The van der Waals surface area contributed by atoms with Crippen molar-refractivity contribution in [2.24, 2.45) is 5.10 Å². The summed E-state index contributed by atoms with van der Waals surface area (Å²) in [5.74, 6) is 0.272. The highest BCUT2D eigenvalue weighted by atomic mass is 16.2. The Kier molecular flexibility index (Phi) is 5.90. The number of hydrazone groups is 1. The number of benzene rings is 2. The van der Waals surface area contributed by atoms with Gasteiger partial charge in [-0.25, -0.2) is 4.98 Å². The molecule has 3 aromatic rings. The SMILES string of the molecule is C/C=C/C(=O)N(N=C(c1ccccc1)c1ccccc1)c1ncccc1C. The molecule has 0 atom stereocenters. The summed E-state index contributed by atoms with van der Waals surface area (Å²) in [6.45, 7) is 3.72. The van der Waals surface area contributed by atoms with E-state index in [0.29, 0.717) is 11.5 Å². The van der Waals surface area contributed by atoms with Gasteiger partial charge in [-0.2, -0.15) is 10.1 Å². The van der Waals surface area contributed by atoms with Crippen LogP contribution in [0.2, 0.25) is 0 Å². The van der Waals surface area contributed by atoms with Crippen LogP contribution in [0.3, 0.4) is 0 Å². The average molecular weight is 355 g/mol. The van der Waals surface area contributed by atoms with E-state index in [2.05, 4.69) is 4.98 Å². The first kappa shape index (κ1) is 18.3. The Morgan fingerprint density at radius 2 is 1.52 bits per heavy atom. The molecule has 3 rings (SSSR count). The molecule has 1 heterocycles. The molecule has 0 N–H and O–H groups in total. The number of carbonyl (C=O) groups is 1. The van der Waals surface area contributed by atoms with Gasteiger partial charge in [-0.1, -0.05) is 72.8 Å². The van der Waals surface area contributed by atoms with Gasteiger partial charge < -0.3 is 0 Å². The van der Waals surface area contributed by atoms with Crippen LogP contribution in [0.25, 0.3) is 0 Å². The van der Waals surface area contributed by atoms with Gasteiger partial charge in [0.15, 0.2) is 5.82 Å². The Hall–Kier alpha value is -3.53. The van der Waals surface area contributed by atoms with Crippen molar-refractivity contribution in [3.8, 4) is 0 Å². The van der Waals surface area contributed by atoms with E-state index in [4.69, 9.17) is 5.10 Å². The molecule has 0 radical (unpaired) electrons. The van der Waals surface area contributed by atoms with Gasteiger partial charge >= 0.3 is 0 Å². The minimum atomic E-state index is -0.247. The summed E-state index contributed by atoms with van der Waals surface area (Å²) in [6.07, 6.45) is 4.86. The molecule has 0 aliphatic carbocycles. The van der Waals surface area contributed by atoms with Gasteiger partial charge in [0.25, 0.3) is 5.91 Å². The number of hydrogen-bond acceptors (Lipinski definition) is 3. The van der Waals surface area contributed by atoms with E-state index >= 15 is 0 Å². The quantitative estimate of drug-likeness (QED) is 0.377. The largest absolute Gasteiger partial charge is 0.272 e. The summed E-state index contributed by atoms with van der Waals surface area (Å²) in [7, 11) is 0. The second kappa shape index (κ2) is 8.72. The lowest BCUT2D eigenvalue weighted by Gasteiger charge is -2.19. The summed E-state index contributed by atoms with van der Waals surface area (Å²) in [4.78, 5) is 17.2. The van der Waals surface area contributed by atoms with Crippen molar-refractivity contribution in [2.75, 3.05) is 5.01 Å². The lowest BCUT2D eigenvalue weighted by atomic mass is 10.0. The minimum Gasteiger partial charge on any atom is -0.267 e. The van der Waals surface area contributed by atoms with Crippen molar-refractivity contribution in [3.63, 3.8) is 0 Å². The molecule has 0 aliphatic rings. The molecule has 27 heavy (non-hydrogen) atoms.